The summed E-state index contributed by atoms with van der Waals surface area (Å²) in [5.41, 5.74) is 8.04. The van der Waals surface area contributed by atoms with Crippen LogP contribution in [-0.2, 0) is 27.4 Å². The maximum absolute atomic E-state index is 15.2. The molecular formula is C29H39ClFN5O6Si. The number of hydrogen-bond donors (Lipinski definition) is 3. The molecule has 234 valence electrons. The minimum absolute atomic E-state index is 0.169. The molecule has 1 unspecified atom stereocenters. The third-order valence-corrected chi connectivity index (χ3v) is 10.0. The number of nitrogens with two attached hydrogens (primary N) is 1. The van der Waals surface area contributed by atoms with Gasteiger partial charge in [-0.25, -0.2) is 9.37 Å². The van der Waals surface area contributed by atoms with Gasteiger partial charge in [-0.3, -0.25) is 4.57 Å². The molecule has 2 aliphatic heterocycles. The molecule has 5 atom stereocenters. The molecule has 6 rings (SSSR count). The molecule has 3 aromatic rings. The summed E-state index contributed by atoms with van der Waals surface area (Å²) in [5.74, 6) is 0.544. The lowest BCUT2D eigenvalue weighted by Crippen LogP contribution is -2.35. The first-order valence-electron chi connectivity index (χ1n) is 14.8. The molecule has 0 amide bonds. The van der Waals surface area contributed by atoms with Crippen molar-refractivity contribution in [3.05, 3.63) is 40.2 Å². The molecule has 0 saturated carbocycles. The predicted octanol–water partition coefficient (Wildman–Crippen LogP) is 3.88. The third kappa shape index (κ3) is 6.48. The van der Waals surface area contributed by atoms with Crippen LogP contribution in [0.25, 0.3) is 11.2 Å². The molecule has 1 aliphatic carbocycles. The quantitative estimate of drug-likeness (QED) is 0.199. The van der Waals surface area contributed by atoms with Crippen LogP contribution >= 0.6 is 11.6 Å². The van der Waals surface area contributed by atoms with Gasteiger partial charge in [0.15, 0.2) is 11.8 Å². The van der Waals surface area contributed by atoms with E-state index < -0.39 is 32.5 Å². The van der Waals surface area contributed by atoms with E-state index in [0.717, 1.165) is 11.6 Å². The molecule has 0 radical (unpaired) electrons. The van der Waals surface area contributed by atoms with Gasteiger partial charge in [0.1, 0.15) is 54.6 Å². The van der Waals surface area contributed by atoms with Crippen molar-refractivity contribution in [1.29, 1.82) is 0 Å². The maximum atomic E-state index is 15.2. The molecule has 4 heterocycles. The minimum Gasteiger partial charge on any atom is -0.492 e. The van der Waals surface area contributed by atoms with Gasteiger partial charge < -0.3 is 39.8 Å². The first kappa shape index (κ1) is 30.5. The Hall–Kier alpha value is -2.52. The number of halogens is 2. The van der Waals surface area contributed by atoms with Crippen LogP contribution in [0.15, 0.2) is 18.2 Å². The normalized spacial score (nSPS) is 24.9. The van der Waals surface area contributed by atoms with Crippen molar-refractivity contribution in [1.82, 2.24) is 14.5 Å². The van der Waals surface area contributed by atoms with E-state index in [9.17, 15) is 5.11 Å². The van der Waals surface area contributed by atoms with Gasteiger partial charge in [-0.2, -0.15) is 4.98 Å². The minimum atomic E-state index is -1.30. The van der Waals surface area contributed by atoms with Gasteiger partial charge in [0, 0.05) is 32.9 Å². The zero-order chi connectivity index (χ0) is 30.3. The number of anilines is 1. The number of hydrogen-bond acceptors (Lipinski definition) is 10. The second-order valence-electron chi connectivity index (χ2n) is 12.5. The summed E-state index contributed by atoms with van der Waals surface area (Å²) in [7, 11) is -1.30. The van der Waals surface area contributed by atoms with Crippen LogP contribution in [0.5, 0.6) is 11.8 Å². The maximum Gasteiger partial charge on any atom is 0.301 e. The summed E-state index contributed by atoms with van der Waals surface area (Å²) in [6.45, 7) is 8.79. The molecular weight excluding hydrogens is 597 g/mol. The van der Waals surface area contributed by atoms with Crippen molar-refractivity contribution in [3.8, 4) is 11.8 Å². The number of aliphatic hydroxyl groups excluding tert-OH is 1. The summed E-state index contributed by atoms with van der Waals surface area (Å²) in [6, 6.07) is 5.96. The fourth-order valence-electron chi connectivity index (χ4n) is 5.78. The first-order chi connectivity index (χ1) is 20.6. The zero-order valence-electron chi connectivity index (χ0n) is 24.6. The molecule has 43 heavy (non-hydrogen) atoms. The molecule has 14 heteroatoms. The van der Waals surface area contributed by atoms with Crippen LogP contribution in [0, 0.1) is 5.82 Å². The van der Waals surface area contributed by atoms with Gasteiger partial charge in [0.2, 0.25) is 0 Å². The monoisotopic (exact) mass is 635 g/mol. The molecule has 2 saturated heterocycles. The van der Waals surface area contributed by atoms with Crippen LogP contribution in [0.4, 0.5) is 10.2 Å². The highest BCUT2D eigenvalue weighted by atomic mass is 35.5. The molecule has 2 fully saturated rings. The van der Waals surface area contributed by atoms with Gasteiger partial charge in [-0.1, -0.05) is 31.2 Å². The largest absolute Gasteiger partial charge is 0.492 e. The number of aliphatic hydroxyl groups is 1. The molecule has 4 N–H and O–H groups in total. The number of fused-ring (bicyclic) bond motifs is 3. The lowest BCUT2D eigenvalue weighted by molar-refractivity contribution is 0.00336. The third-order valence-electron chi connectivity index (χ3n) is 8.03. The Labute approximate surface area is 255 Å². The van der Waals surface area contributed by atoms with Crippen LogP contribution in [-0.4, -0.2) is 85.1 Å². The summed E-state index contributed by atoms with van der Waals surface area (Å²) < 4.78 is 46.5. The van der Waals surface area contributed by atoms with Gasteiger partial charge in [0.25, 0.3) is 0 Å². The van der Waals surface area contributed by atoms with Crippen LogP contribution in [0.2, 0.25) is 30.7 Å². The van der Waals surface area contributed by atoms with Crippen molar-refractivity contribution in [2.75, 3.05) is 38.3 Å². The van der Waals surface area contributed by atoms with E-state index in [1.165, 1.54) is 6.07 Å². The smallest absolute Gasteiger partial charge is 0.301 e. The van der Waals surface area contributed by atoms with Crippen molar-refractivity contribution >= 4 is 36.7 Å². The van der Waals surface area contributed by atoms with E-state index in [1.54, 1.807) is 10.6 Å². The summed E-state index contributed by atoms with van der Waals surface area (Å²) in [6.07, 6.45) is -0.615. The molecule has 1 aromatic carbocycles. The van der Waals surface area contributed by atoms with Gasteiger partial charge in [-0.15, -0.1) is 0 Å². The fourth-order valence-corrected chi connectivity index (χ4v) is 6.74. The highest BCUT2D eigenvalue weighted by Gasteiger charge is 2.49. The van der Waals surface area contributed by atoms with E-state index in [4.69, 9.17) is 51.0 Å². The first-order valence-corrected chi connectivity index (χ1v) is 18.8. The summed E-state index contributed by atoms with van der Waals surface area (Å²) in [4.78, 5) is 9.54. The zero-order valence-corrected chi connectivity index (χ0v) is 26.4. The average Bonchev–Trinajstić information content (AvgIpc) is 3.71. The molecule has 2 aromatic heterocycles. The lowest BCUT2D eigenvalue weighted by atomic mass is 10.1. The highest BCUT2D eigenvalue weighted by molar-refractivity contribution is 6.76. The molecule has 3 aliphatic rings. The Morgan fingerprint density at radius 2 is 1.98 bits per heavy atom. The number of aryl methyl sites for hydroxylation is 1. The number of pyridine rings is 1. The van der Waals surface area contributed by atoms with Crippen LogP contribution in [0.3, 0.4) is 0 Å². The summed E-state index contributed by atoms with van der Waals surface area (Å²) >= 11 is 6.69. The molecule has 0 bridgehead atoms. The van der Waals surface area contributed by atoms with E-state index >= 15 is 4.39 Å². The average molecular weight is 636 g/mol. The number of rotatable bonds is 12. The molecule has 0 spiro atoms. The van der Waals surface area contributed by atoms with E-state index in [2.05, 4.69) is 25.0 Å². The summed E-state index contributed by atoms with van der Waals surface area (Å²) in [5, 5.41) is 13.9. The number of nitrogens with zero attached hydrogens (tertiary/aromatic N) is 3. The Balaban J connectivity index is 1.27. The lowest BCUT2D eigenvalue weighted by Gasteiger charge is -2.19. The van der Waals surface area contributed by atoms with Gasteiger partial charge in [0.05, 0.1) is 24.3 Å². The Morgan fingerprint density at radius 1 is 1.16 bits per heavy atom. The number of nitrogens with one attached hydrogen (secondary N) is 1. The SMILES string of the molecule is C[Si](C)(C)CCOCn1c(O[C@@H]2CO[C@H]3[C@@H]2OC[C@H]3O)nc2cc(Cl)c(NC3CCc4cc(OCCN)cc(F)c43)nc21. The Kier molecular flexibility index (Phi) is 8.84. The fraction of sp³-hybridized carbons (Fsp3) is 0.586. The second kappa shape index (κ2) is 12.5. The van der Waals surface area contributed by atoms with Crippen molar-refractivity contribution in [3.63, 3.8) is 0 Å². The van der Waals surface area contributed by atoms with E-state index in [-0.39, 0.29) is 31.8 Å². The topological polar surface area (TPSA) is 135 Å². The van der Waals surface area contributed by atoms with Crippen molar-refractivity contribution < 1.29 is 33.2 Å². The standard InChI is InChI=1S/C29H39ClFN5O6Si/c1-43(2,3)9-8-38-15-36-28-21(34-29(36)42-23-14-41-25-22(37)13-40-26(23)25)12-18(30)27(35-28)33-20-5-4-16-10-17(39-7-6-32)11-19(31)24(16)20/h10-12,20,22-23,25-26,37H,4-9,13-15,32H2,1-3H3,(H,33,35)/t20?,22-,23-,25-,26-/m1/s1. The molecule has 11 nitrogen and oxygen atoms in total. The highest BCUT2D eigenvalue weighted by Crippen LogP contribution is 2.40. The number of benzene rings is 1. The number of imidazole rings is 1. The van der Waals surface area contributed by atoms with E-state index in [1.807, 2.05) is 6.07 Å². The number of ether oxygens (including phenoxy) is 5. The Bertz CT molecular complexity index is 1470. The number of aromatic nitrogens is 3. The van der Waals surface area contributed by atoms with Crippen molar-refractivity contribution in [2.45, 2.75) is 75.7 Å². The van der Waals surface area contributed by atoms with Gasteiger partial charge >= 0.3 is 6.01 Å². The second-order valence-corrected chi connectivity index (χ2v) is 18.5. The Morgan fingerprint density at radius 3 is 2.77 bits per heavy atom. The van der Waals surface area contributed by atoms with Crippen LogP contribution < -0.4 is 20.5 Å². The van der Waals surface area contributed by atoms with Crippen LogP contribution in [0.1, 0.15) is 23.6 Å². The van der Waals surface area contributed by atoms with Crippen molar-refractivity contribution in [2.24, 2.45) is 5.73 Å². The van der Waals surface area contributed by atoms with Gasteiger partial charge in [-0.05, 0) is 36.6 Å². The van der Waals surface area contributed by atoms with E-state index in [0.29, 0.717) is 71.9 Å². The predicted molar refractivity (Wildman–Crippen MR) is 162 cm³/mol.